The van der Waals surface area contributed by atoms with Crippen molar-refractivity contribution in [1.29, 1.82) is 0 Å². The maximum Gasteiger partial charge on any atom is 0.191 e. The lowest BCUT2D eigenvalue weighted by Gasteiger charge is -2.15. The zero-order chi connectivity index (χ0) is 15.1. The molecule has 0 amide bonds. The van der Waals surface area contributed by atoms with E-state index in [1.165, 1.54) is 24.7 Å². The first-order chi connectivity index (χ1) is 10.2. The summed E-state index contributed by atoms with van der Waals surface area (Å²) in [5.74, 6) is 1.89. The lowest BCUT2D eigenvalue weighted by molar-refractivity contribution is 0.606. The molecule has 1 heterocycles. The highest BCUT2D eigenvalue weighted by atomic mass is 79.9. The highest BCUT2D eigenvalue weighted by Crippen LogP contribution is 2.25. The molecule has 3 nitrogen and oxygen atoms in total. The molecular formula is C15H21BrFN3S. The van der Waals surface area contributed by atoms with Gasteiger partial charge in [0.05, 0.1) is 0 Å². The monoisotopic (exact) mass is 373 g/mol. The van der Waals surface area contributed by atoms with Gasteiger partial charge in [0.15, 0.2) is 5.96 Å². The van der Waals surface area contributed by atoms with Crippen molar-refractivity contribution in [2.24, 2.45) is 4.99 Å². The summed E-state index contributed by atoms with van der Waals surface area (Å²) >= 11 is 5.39. The Hall–Kier alpha value is -0.750. The van der Waals surface area contributed by atoms with Gasteiger partial charge in [-0.2, -0.15) is 11.8 Å². The number of thioether (sulfide) groups is 1. The van der Waals surface area contributed by atoms with Gasteiger partial charge in [-0.25, -0.2) is 4.39 Å². The summed E-state index contributed by atoms with van der Waals surface area (Å²) in [5, 5.41) is 7.26. The molecule has 1 aliphatic heterocycles. The van der Waals surface area contributed by atoms with Gasteiger partial charge in [-0.1, -0.05) is 15.9 Å². The number of halogens is 2. The van der Waals surface area contributed by atoms with E-state index >= 15 is 0 Å². The fraction of sp³-hybridized carbons (Fsp3) is 0.533. The van der Waals surface area contributed by atoms with E-state index in [1.54, 1.807) is 13.1 Å². The van der Waals surface area contributed by atoms with Gasteiger partial charge >= 0.3 is 0 Å². The molecule has 0 saturated carbocycles. The van der Waals surface area contributed by atoms with Crippen LogP contribution in [0.2, 0.25) is 0 Å². The second kappa shape index (κ2) is 8.63. The van der Waals surface area contributed by atoms with Crippen LogP contribution < -0.4 is 10.6 Å². The maximum absolute atomic E-state index is 13.6. The van der Waals surface area contributed by atoms with Crippen molar-refractivity contribution >= 4 is 33.7 Å². The third-order valence-electron chi connectivity index (χ3n) is 3.44. The molecule has 21 heavy (non-hydrogen) atoms. The van der Waals surface area contributed by atoms with Crippen molar-refractivity contribution in [3.8, 4) is 0 Å². The minimum Gasteiger partial charge on any atom is -0.356 e. The molecule has 1 unspecified atom stereocenters. The van der Waals surface area contributed by atoms with Crippen molar-refractivity contribution in [2.45, 2.75) is 24.5 Å². The van der Waals surface area contributed by atoms with Gasteiger partial charge in [0.25, 0.3) is 0 Å². The Morgan fingerprint density at radius 3 is 3.05 bits per heavy atom. The second-order valence-corrected chi connectivity index (χ2v) is 7.32. The molecule has 2 N–H and O–H groups in total. The summed E-state index contributed by atoms with van der Waals surface area (Å²) in [5.41, 5.74) is 0.707. The SMILES string of the molecule is CN=C(NCCc1cc(Br)ccc1F)NCC1CCCS1. The van der Waals surface area contributed by atoms with Crippen LogP contribution >= 0.6 is 27.7 Å². The van der Waals surface area contributed by atoms with Crippen molar-refractivity contribution in [3.63, 3.8) is 0 Å². The van der Waals surface area contributed by atoms with Crippen molar-refractivity contribution in [1.82, 2.24) is 10.6 Å². The predicted molar refractivity (Wildman–Crippen MR) is 92.6 cm³/mol. The summed E-state index contributed by atoms with van der Waals surface area (Å²) in [6.45, 7) is 1.60. The van der Waals surface area contributed by atoms with Crippen molar-refractivity contribution in [2.75, 3.05) is 25.9 Å². The normalized spacial score (nSPS) is 18.8. The Labute approximate surface area is 138 Å². The highest BCUT2D eigenvalue weighted by molar-refractivity contribution is 9.10. The number of nitrogens with zero attached hydrogens (tertiary/aromatic N) is 1. The molecular weight excluding hydrogens is 353 g/mol. The van der Waals surface area contributed by atoms with Gasteiger partial charge in [-0.05, 0) is 48.8 Å². The van der Waals surface area contributed by atoms with Crippen LogP contribution in [0, 0.1) is 5.82 Å². The summed E-state index contributed by atoms with van der Waals surface area (Å²) in [6, 6.07) is 5.03. The molecule has 1 aromatic rings. The van der Waals surface area contributed by atoms with E-state index in [0.717, 1.165) is 17.0 Å². The van der Waals surface area contributed by atoms with E-state index < -0.39 is 0 Å². The minimum absolute atomic E-state index is 0.162. The molecule has 0 aromatic heterocycles. The number of hydrogen-bond donors (Lipinski definition) is 2. The van der Waals surface area contributed by atoms with Crippen LogP contribution in [-0.2, 0) is 6.42 Å². The van der Waals surface area contributed by atoms with Crippen LogP contribution in [0.5, 0.6) is 0 Å². The highest BCUT2D eigenvalue weighted by Gasteiger charge is 2.15. The molecule has 2 rings (SSSR count). The Morgan fingerprint density at radius 2 is 2.33 bits per heavy atom. The zero-order valence-electron chi connectivity index (χ0n) is 12.2. The van der Waals surface area contributed by atoms with Crippen molar-refractivity contribution in [3.05, 3.63) is 34.1 Å². The molecule has 0 spiro atoms. The van der Waals surface area contributed by atoms with Crippen LogP contribution in [0.4, 0.5) is 4.39 Å². The molecule has 116 valence electrons. The van der Waals surface area contributed by atoms with Crippen molar-refractivity contribution < 1.29 is 4.39 Å². The third-order valence-corrected chi connectivity index (χ3v) is 5.33. The predicted octanol–water partition coefficient (Wildman–Crippen LogP) is 3.19. The number of nitrogens with one attached hydrogen (secondary N) is 2. The van der Waals surface area contributed by atoms with Gasteiger partial charge in [0.1, 0.15) is 5.82 Å². The Balaban J connectivity index is 1.74. The molecule has 1 saturated heterocycles. The summed E-state index contributed by atoms with van der Waals surface area (Å²) < 4.78 is 14.5. The van der Waals surface area contributed by atoms with Gasteiger partial charge < -0.3 is 10.6 Å². The number of hydrogen-bond acceptors (Lipinski definition) is 2. The van der Waals surface area contributed by atoms with Crippen LogP contribution in [0.15, 0.2) is 27.7 Å². The molecule has 0 bridgehead atoms. The minimum atomic E-state index is -0.162. The molecule has 1 aliphatic rings. The van der Waals surface area contributed by atoms with Crippen LogP contribution in [-0.4, -0.2) is 37.1 Å². The van der Waals surface area contributed by atoms with Crippen LogP contribution in [0.25, 0.3) is 0 Å². The largest absolute Gasteiger partial charge is 0.356 e. The van der Waals surface area contributed by atoms with E-state index in [2.05, 4.69) is 31.6 Å². The first-order valence-electron chi connectivity index (χ1n) is 7.19. The lowest BCUT2D eigenvalue weighted by Crippen LogP contribution is -2.41. The van der Waals surface area contributed by atoms with E-state index in [-0.39, 0.29) is 5.82 Å². The average molecular weight is 374 g/mol. The maximum atomic E-state index is 13.6. The standard InChI is InChI=1S/C15H21BrFN3S/c1-18-15(20-10-13-3-2-8-21-13)19-7-6-11-9-12(16)4-5-14(11)17/h4-5,9,13H,2-3,6-8,10H2,1H3,(H2,18,19,20). The summed E-state index contributed by atoms with van der Waals surface area (Å²) in [7, 11) is 1.76. The smallest absolute Gasteiger partial charge is 0.191 e. The lowest BCUT2D eigenvalue weighted by atomic mass is 10.1. The topological polar surface area (TPSA) is 36.4 Å². The van der Waals surface area contributed by atoms with Crippen LogP contribution in [0.1, 0.15) is 18.4 Å². The molecule has 6 heteroatoms. The Bertz CT molecular complexity index is 490. The van der Waals surface area contributed by atoms with E-state index in [0.29, 0.717) is 23.8 Å². The van der Waals surface area contributed by atoms with E-state index in [1.807, 2.05) is 17.8 Å². The van der Waals surface area contributed by atoms with Gasteiger partial charge in [0.2, 0.25) is 0 Å². The summed E-state index contributed by atoms with van der Waals surface area (Å²) in [6.07, 6.45) is 3.22. The van der Waals surface area contributed by atoms with Gasteiger partial charge in [0, 0.05) is 29.9 Å². The van der Waals surface area contributed by atoms with Gasteiger partial charge in [-0.15, -0.1) is 0 Å². The number of aliphatic imine (C=N–C) groups is 1. The fourth-order valence-corrected chi connectivity index (χ4v) is 3.90. The first-order valence-corrected chi connectivity index (χ1v) is 9.03. The molecule has 0 radical (unpaired) electrons. The molecule has 1 aromatic carbocycles. The zero-order valence-corrected chi connectivity index (χ0v) is 14.6. The fourth-order valence-electron chi connectivity index (χ4n) is 2.29. The number of benzene rings is 1. The number of guanidine groups is 1. The van der Waals surface area contributed by atoms with E-state index in [4.69, 9.17) is 0 Å². The third kappa shape index (κ3) is 5.51. The van der Waals surface area contributed by atoms with E-state index in [9.17, 15) is 4.39 Å². The first kappa shape index (κ1) is 16.6. The quantitative estimate of drug-likeness (QED) is 0.614. The number of rotatable bonds is 5. The van der Waals surface area contributed by atoms with Crippen LogP contribution in [0.3, 0.4) is 0 Å². The Kier molecular flexibility index (Phi) is 6.83. The average Bonchev–Trinajstić information content (AvgIpc) is 2.99. The Morgan fingerprint density at radius 1 is 1.48 bits per heavy atom. The molecule has 1 fully saturated rings. The summed E-state index contributed by atoms with van der Waals surface area (Å²) in [4.78, 5) is 4.20. The van der Waals surface area contributed by atoms with Gasteiger partial charge in [-0.3, -0.25) is 4.99 Å². The second-order valence-electron chi connectivity index (χ2n) is 5.00. The molecule has 0 aliphatic carbocycles. The molecule has 1 atom stereocenters.